The molecule has 4 aromatic rings. The van der Waals surface area contributed by atoms with Gasteiger partial charge in [0.2, 0.25) is 11.9 Å². The fraction of sp³-hybridized carbons (Fsp3) is 0.207. The highest BCUT2D eigenvalue weighted by Gasteiger charge is 2.33. The number of amides is 3. The van der Waals surface area contributed by atoms with Gasteiger partial charge in [0.25, 0.3) is 0 Å². The third-order valence-corrected chi connectivity index (χ3v) is 6.92. The highest BCUT2D eigenvalue weighted by Crippen LogP contribution is 2.36. The second-order valence-electron chi connectivity index (χ2n) is 9.63. The molecule has 3 heterocycles. The topological polar surface area (TPSA) is 107 Å². The summed E-state index contributed by atoms with van der Waals surface area (Å²) in [4.78, 5) is 45.4. The summed E-state index contributed by atoms with van der Waals surface area (Å²) in [5.41, 5.74) is 3.86. The van der Waals surface area contributed by atoms with Gasteiger partial charge in [-0.3, -0.25) is 10.1 Å². The van der Waals surface area contributed by atoms with Gasteiger partial charge in [-0.1, -0.05) is 42.5 Å². The van der Waals surface area contributed by atoms with Crippen LogP contribution in [0.3, 0.4) is 0 Å². The second-order valence-corrected chi connectivity index (χ2v) is 10.5. The van der Waals surface area contributed by atoms with Crippen LogP contribution in [0.2, 0.25) is 0 Å². The van der Waals surface area contributed by atoms with Gasteiger partial charge in [0, 0.05) is 44.8 Å². The van der Waals surface area contributed by atoms with Gasteiger partial charge in [0.05, 0.1) is 17.9 Å². The molecule has 0 bridgehead atoms. The van der Waals surface area contributed by atoms with Gasteiger partial charge in [-0.15, -0.1) is 11.3 Å². The third-order valence-electron chi connectivity index (χ3n) is 6.04. The lowest BCUT2D eigenvalue weighted by molar-refractivity contribution is -0.111. The van der Waals surface area contributed by atoms with E-state index in [9.17, 15) is 9.59 Å². The number of urea groups is 1. The Morgan fingerprint density at radius 1 is 1.15 bits per heavy atom. The average Bonchev–Trinajstić information content (AvgIpc) is 3.34. The molecule has 0 fully saturated rings. The number of carbonyl (C=O) groups excluding carboxylic acids is 2. The molecule has 0 atom stereocenters. The molecular formula is C29H34N8O2S. The Hall–Kier alpha value is -4.61. The highest BCUT2D eigenvalue weighted by atomic mass is 32.1. The van der Waals surface area contributed by atoms with E-state index < -0.39 is 0 Å². The summed E-state index contributed by atoms with van der Waals surface area (Å²) in [5, 5.41) is 8.64. The molecule has 2 aromatic heterocycles. The van der Waals surface area contributed by atoms with Crippen LogP contribution < -0.4 is 15.5 Å². The lowest BCUT2D eigenvalue weighted by Gasteiger charge is -2.36. The van der Waals surface area contributed by atoms with Crippen LogP contribution in [-0.2, 0) is 17.9 Å². The Bertz CT molecular complexity index is 1550. The lowest BCUT2D eigenvalue weighted by Crippen LogP contribution is -2.45. The maximum absolute atomic E-state index is 14.0. The zero-order valence-corrected chi connectivity index (χ0v) is 23.4. The number of nitrogens with one attached hydrogen (secondary N) is 2. The van der Waals surface area contributed by atoms with Crippen molar-refractivity contribution in [2.45, 2.75) is 20.0 Å². The predicted octanol–water partition coefficient (Wildman–Crippen LogP) is 5.81. The molecule has 3 amide bonds. The lowest BCUT2D eigenvalue weighted by atomic mass is 10.1. The summed E-state index contributed by atoms with van der Waals surface area (Å²) < 4.78 is 0. The van der Waals surface area contributed by atoms with Crippen molar-refractivity contribution in [1.82, 2.24) is 24.8 Å². The number of nitrogens with zero attached hydrogens (tertiary/aromatic N) is 6. The standard InChI is InChI=1S/C29H30N8O2S.2H2/c1-20-19-40-28(31-20)34-27-30-16-22-18-36(17-21-9-5-4-6-10-21)29(39)37(26(22)33-27)24-12-7-11-23(15-24)32-25(38)13-8-14-35(2)3;;/h4-13,15-16,19H,14,17-18H2,1-3H3,(H,32,38)(H,30,31,33,34);2*1H/b13-8+;;. The van der Waals surface area contributed by atoms with Crippen molar-refractivity contribution in [2.75, 3.05) is 36.2 Å². The molecule has 0 spiro atoms. The summed E-state index contributed by atoms with van der Waals surface area (Å²) in [7, 11) is 3.87. The first kappa shape index (κ1) is 27.0. The number of aryl methyl sites for hydroxylation is 1. The molecule has 1 aliphatic rings. The van der Waals surface area contributed by atoms with E-state index >= 15 is 0 Å². The van der Waals surface area contributed by atoms with Gasteiger partial charge < -0.3 is 15.1 Å². The first-order valence-corrected chi connectivity index (χ1v) is 13.6. The van der Waals surface area contributed by atoms with Crippen molar-refractivity contribution in [2.24, 2.45) is 0 Å². The van der Waals surface area contributed by atoms with Gasteiger partial charge in [0.1, 0.15) is 0 Å². The SMILES string of the molecule is Cc1csc(Nc2ncc3c(n2)N(c2cccc(NC(=O)/C=C/CN(C)C)c2)C(=O)N(Cc2ccccc2)C3)n1.[HH].[HH]. The second kappa shape index (κ2) is 12.1. The Morgan fingerprint density at radius 2 is 1.98 bits per heavy atom. The number of likely N-dealkylation sites (N-methyl/N-ethyl adjacent to an activating group) is 1. The van der Waals surface area contributed by atoms with Crippen molar-refractivity contribution in [3.05, 3.63) is 95.1 Å². The number of aromatic nitrogens is 3. The van der Waals surface area contributed by atoms with Crippen LogP contribution in [0.5, 0.6) is 0 Å². The molecule has 0 saturated carbocycles. The van der Waals surface area contributed by atoms with Crippen LogP contribution >= 0.6 is 11.3 Å². The van der Waals surface area contributed by atoms with Crippen LogP contribution in [0.15, 0.2) is 78.3 Å². The van der Waals surface area contributed by atoms with E-state index in [1.165, 1.54) is 17.4 Å². The van der Waals surface area contributed by atoms with E-state index in [1.807, 2.05) is 67.7 Å². The Morgan fingerprint density at radius 3 is 2.73 bits per heavy atom. The molecule has 40 heavy (non-hydrogen) atoms. The minimum absolute atomic E-state index is 0. The Balaban J connectivity index is 0.00000242. The van der Waals surface area contributed by atoms with Crippen molar-refractivity contribution in [3.8, 4) is 0 Å². The molecule has 1 aliphatic heterocycles. The van der Waals surface area contributed by atoms with Gasteiger partial charge in [-0.2, -0.15) is 4.98 Å². The van der Waals surface area contributed by atoms with Gasteiger partial charge in [-0.25, -0.2) is 19.7 Å². The zero-order chi connectivity index (χ0) is 28.1. The van der Waals surface area contributed by atoms with E-state index in [1.54, 1.807) is 40.3 Å². The van der Waals surface area contributed by atoms with Gasteiger partial charge >= 0.3 is 6.03 Å². The number of anilines is 5. The van der Waals surface area contributed by atoms with E-state index in [4.69, 9.17) is 4.98 Å². The van der Waals surface area contributed by atoms with Crippen LogP contribution in [-0.4, -0.2) is 57.3 Å². The molecule has 0 unspecified atom stereocenters. The summed E-state index contributed by atoms with van der Waals surface area (Å²) in [6.07, 6.45) is 5.03. The first-order chi connectivity index (χ1) is 19.4. The Labute approximate surface area is 240 Å². The molecule has 208 valence electrons. The van der Waals surface area contributed by atoms with Crippen LogP contribution in [0.4, 0.5) is 33.1 Å². The summed E-state index contributed by atoms with van der Waals surface area (Å²) in [5.74, 6) is 0.579. The molecular weight excluding hydrogens is 524 g/mol. The number of thiazole rings is 1. The molecule has 2 N–H and O–H groups in total. The molecule has 0 saturated heterocycles. The maximum Gasteiger partial charge on any atom is 0.330 e. The van der Waals surface area contributed by atoms with Crippen LogP contribution in [0, 0.1) is 6.92 Å². The molecule has 2 aromatic carbocycles. The van der Waals surface area contributed by atoms with E-state index in [0.29, 0.717) is 47.9 Å². The Kier molecular flexibility index (Phi) is 8.13. The third kappa shape index (κ3) is 6.50. The molecule has 0 radical (unpaired) electrons. The summed E-state index contributed by atoms with van der Waals surface area (Å²) >= 11 is 1.46. The van der Waals surface area contributed by atoms with Crippen molar-refractivity contribution in [1.29, 1.82) is 0 Å². The van der Waals surface area contributed by atoms with E-state index in [-0.39, 0.29) is 14.8 Å². The largest absolute Gasteiger partial charge is 0.330 e. The molecule has 11 heteroatoms. The minimum Gasteiger partial charge on any atom is -0.322 e. The average molecular weight is 559 g/mol. The zero-order valence-electron chi connectivity index (χ0n) is 22.5. The van der Waals surface area contributed by atoms with Crippen LogP contribution in [0.25, 0.3) is 0 Å². The highest BCUT2D eigenvalue weighted by molar-refractivity contribution is 7.13. The number of hydrogen-bond donors (Lipinski definition) is 2. The summed E-state index contributed by atoms with van der Waals surface area (Å²) in [6, 6.07) is 16.8. The van der Waals surface area contributed by atoms with Crippen molar-refractivity contribution < 1.29 is 12.4 Å². The smallest absolute Gasteiger partial charge is 0.322 e. The van der Waals surface area contributed by atoms with E-state index in [0.717, 1.165) is 16.8 Å². The maximum atomic E-state index is 14.0. The number of benzene rings is 2. The number of fused-ring (bicyclic) bond motifs is 1. The molecule has 10 nitrogen and oxygen atoms in total. The molecule has 5 rings (SSSR count). The fourth-order valence-electron chi connectivity index (χ4n) is 4.21. The monoisotopic (exact) mass is 558 g/mol. The quantitative estimate of drug-likeness (QED) is 0.250. The summed E-state index contributed by atoms with van der Waals surface area (Å²) in [6.45, 7) is 3.37. The number of rotatable bonds is 9. The van der Waals surface area contributed by atoms with Crippen molar-refractivity contribution in [3.63, 3.8) is 0 Å². The molecule has 0 aliphatic carbocycles. The predicted molar refractivity (Wildman–Crippen MR) is 162 cm³/mol. The minimum atomic E-state index is -0.248. The fourth-order valence-corrected chi connectivity index (χ4v) is 4.89. The first-order valence-electron chi connectivity index (χ1n) is 12.8. The van der Waals surface area contributed by atoms with Gasteiger partial charge in [-0.05, 0) is 44.8 Å². The number of hydrogen-bond acceptors (Lipinski definition) is 8. The number of carbonyl (C=O) groups is 2. The normalized spacial score (nSPS) is 13.2. The van der Waals surface area contributed by atoms with Gasteiger partial charge in [0.15, 0.2) is 10.9 Å². The van der Waals surface area contributed by atoms with Crippen LogP contribution in [0.1, 0.15) is 19.7 Å². The van der Waals surface area contributed by atoms with E-state index in [2.05, 4.69) is 20.6 Å². The van der Waals surface area contributed by atoms with Crippen molar-refractivity contribution >= 4 is 51.5 Å².